The maximum atomic E-state index is 12.1. The molecule has 0 unspecified atom stereocenters. The Balaban J connectivity index is 2.86. The number of hydrogen-bond donors (Lipinski definition) is 1. The molecule has 0 saturated heterocycles. The molecule has 0 bridgehead atoms. The van der Waals surface area contributed by atoms with Gasteiger partial charge in [-0.25, -0.2) is 0 Å². The third kappa shape index (κ3) is 4.12. The van der Waals surface area contributed by atoms with Crippen LogP contribution in [0, 0.1) is 0 Å². The summed E-state index contributed by atoms with van der Waals surface area (Å²) < 4.78 is 39.7. The van der Waals surface area contributed by atoms with Crippen LogP contribution in [0.3, 0.4) is 0 Å². The summed E-state index contributed by atoms with van der Waals surface area (Å²) in [4.78, 5) is 13.4. The van der Waals surface area contributed by atoms with Crippen LogP contribution in [0.1, 0.15) is 24.2 Å². The van der Waals surface area contributed by atoms with Crippen molar-refractivity contribution in [1.82, 2.24) is 4.90 Å². The summed E-state index contributed by atoms with van der Waals surface area (Å²) in [6.07, 6.45) is -4.76. The highest BCUT2D eigenvalue weighted by Gasteiger charge is 2.31. The molecule has 0 aliphatic carbocycles. The van der Waals surface area contributed by atoms with Gasteiger partial charge in [0.05, 0.1) is 12.1 Å². The first-order valence-electron chi connectivity index (χ1n) is 5.81. The van der Waals surface area contributed by atoms with Crippen LogP contribution in [-0.2, 0) is 0 Å². The van der Waals surface area contributed by atoms with E-state index in [1.54, 1.807) is 13.8 Å². The molecule has 0 fully saturated rings. The Morgan fingerprint density at radius 2 is 1.75 bits per heavy atom. The van der Waals surface area contributed by atoms with Gasteiger partial charge in [-0.05, 0) is 38.1 Å². The van der Waals surface area contributed by atoms with Crippen LogP contribution in [0.4, 0.5) is 13.2 Å². The smallest absolute Gasteiger partial charge is 0.406 e. The number of carbonyl (C=O) groups is 1. The zero-order valence-electron chi connectivity index (χ0n) is 11.4. The molecule has 0 spiro atoms. The molecule has 0 radical (unpaired) electrons. The predicted molar refractivity (Wildman–Crippen MR) is 66.4 cm³/mol. The van der Waals surface area contributed by atoms with Crippen LogP contribution in [0.2, 0.25) is 0 Å². The van der Waals surface area contributed by atoms with Crippen molar-refractivity contribution in [2.24, 2.45) is 0 Å². The normalized spacial score (nSPS) is 12.2. The van der Waals surface area contributed by atoms with Crippen molar-refractivity contribution in [2.75, 3.05) is 13.7 Å². The summed E-state index contributed by atoms with van der Waals surface area (Å²) in [6.45, 7) is 3.11. The van der Waals surface area contributed by atoms with Gasteiger partial charge in [-0.15, -0.1) is 13.2 Å². The predicted octanol–water partition coefficient (Wildman–Crippen LogP) is 2.43. The van der Waals surface area contributed by atoms with Crippen molar-refractivity contribution >= 4 is 5.91 Å². The van der Waals surface area contributed by atoms with Crippen LogP contribution in [0.5, 0.6) is 5.75 Å². The Hall–Kier alpha value is -1.76. The molecule has 0 aliphatic rings. The maximum absolute atomic E-state index is 12.1. The van der Waals surface area contributed by atoms with Crippen molar-refractivity contribution in [2.45, 2.75) is 25.7 Å². The van der Waals surface area contributed by atoms with Crippen LogP contribution >= 0.6 is 0 Å². The van der Waals surface area contributed by atoms with E-state index in [9.17, 15) is 23.1 Å². The fourth-order valence-corrected chi connectivity index (χ4v) is 1.37. The molecule has 20 heavy (non-hydrogen) atoms. The SMILES string of the molecule is CN(C(=O)c1ccc(OC(F)(F)F)cc1)C(C)(C)CO. The molecule has 0 aromatic heterocycles. The van der Waals surface area contributed by atoms with Crippen LogP contribution in [0.15, 0.2) is 24.3 Å². The number of halogens is 3. The van der Waals surface area contributed by atoms with Crippen molar-refractivity contribution in [3.63, 3.8) is 0 Å². The number of benzene rings is 1. The molecule has 1 aromatic carbocycles. The molecular weight excluding hydrogens is 275 g/mol. The molecule has 7 heteroatoms. The number of ether oxygens (including phenoxy) is 1. The Morgan fingerprint density at radius 1 is 1.25 bits per heavy atom. The molecule has 0 atom stereocenters. The maximum Gasteiger partial charge on any atom is 0.573 e. The topological polar surface area (TPSA) is 49.8 Å². The van der Waals surface area contributed by atoms with Gasteiger partial charge in [-0.2, -0.15) is 0 Å². The largest absolute Gasteiger partial charge is 0.573 e. The van der Waals surface area contributed by atoms with E-state index in [-0.39, 0.29) is 12.2 Å². The van der Waals surface area contributed by atoms with Gasteiger partial charge in [0.1, 0.15) is 5.75 Å². The molecule has 1 amide bonds. The molecule has 4 nitrogen and oxygen atoms in total. The number of hydrogen-bond acceptors (Lipinski definition) is 3. The van der Waals surface area contributed by atoms with E-state index in [4.69, 9.17) is 0 Å². The first-order valence-corrected chi connectivity index (χ1v) is 5.81. The minimum atomic E-state index is -4.76. The standard InChI is InChI=1S/C13H16F3NO3/c1-12(2,8-18)17(3)11(19)9-4-6-10(7-5-9)20-13(14,15)16/h4-7,18H,8H2,1-3H3. The Bertz CT molecular complexity index is 469. The highest BCUT2D eigenvalue weighted by molar-refractivity contribution is 5.94. The molecule has 0 heterocycles. The zero-order chi connectivity index (χ0) is 15.6. The summed E-state index contributed by atoms with van der Waals surface area (Å²) in [5.41, 5.74) is -0.554. The lowest BCUT2D eigenvalue weighted by Crippen LogP contribution is -2.47. The third-order valence-corrected chi connectivity index (χ3v) is 2.93. The Morgan fingerprint density at radius 3 is 2.15 bits per heavy atom. The minimum absolute atomic E-state index is 0.212. The number of carbonyl (C=O) groups excluding carboxylic acids is 1. The second kappa shape index (κ2) is 5.70. The molecule has 0 saturated carbocycles. The van der Waals surface area contributed by atoms with Crippen LogP contribution in [-0.4, -0.2) is 41.5 Å². The van der Waals surface area contributed by atoms with Gasteiger partial charge in [0.25, 0.3) is 5.91 Å². The van der Waals surface area contributed by atoms with Gasteiger partial charge in [0.15, 0.2) is 0 Å². The van der Waals surface area contributed by atoms with Gasteiger partial charge in [-0.3, -0.25) is 4.79 Å². The van der Waals surface area contributed by atoms with E-state index < -0.39 is 23.6 Å². The molecular formula is C13H16F3NO3. The molecule has 1 N–H and O–H groups in total. The number of nitrogens with zero attached hydrogens (tertiary/aromatic N) is 1. The summed E-state index contributed by atoms with van der Waals surface area (Å²) in [6, 6.07) is 4.63. The van der Waals surface area contributed by atoms with Crippen molar-refractivity contribution in [1.29, 1.82) is 0 Å². The number of alkyl halides is 3. The van der Waals surface area contributed by atoms with Gasteiger partial charge < -0.3 is 14.7 Å². The molecule has 0 aliphatic heterocycles. The Kier molecular flexibility index (Phi) is 4.65. The van der Waals surface area contributed by atoms with Crippen LogP contribution in [0.25, 0.3) is 0 Å². The average molecular weight is 291 g/mol. The summed E-state index contributed by atoms with van der Waals surface area (Å²) in [7, 11) is 1.51. The van der Waals surface area contributed by atoms with Crippen molar-refractivity contribution in [3.8, 4) is 5.75 Å². The average Bonchev–Trinajstić information content (AvgIpc) is 2.36. The first-order chi connectivity index (χ1) is 9.07. The number of rotatable bonds is 4. The van der Waals surface area contributed by atoms with Crippen molar-refractivity contribution < 1.29 is 27.8 Å². The highest BCUT2D eigenvalue weighted by atomic mass is 19.4. The third-order valence-electron chi connectivity index (χ3n) is 2.93. The fourth-order valence-electron chi connectivity index (χ4n) is 1.37. The molecule has 1 rings (SSSR count). The number of aliphatic hydroxyl groups is 1. The quantitative estimate of drug-likeness (QED) is 0.927. The minimum Gasteiger partial charge on any atom is -0.406 e. The van der Waals surface area contributed by atoms with Gasteiger partial charge >= 0.3 is 6.36 Å². The number of amides is 1. The van der Waals surface area contributed by atoms with E-state index in [1.807, 2.05) is 0 Å². The Labute approximate surface area is 114 Å². The van der Waals surface area contributed by atoms with Crippen LogP contribution < -0.4 is 4.74 Å². The lowest BCUT2D eigenvalue weighted by atomic mass is 10.0. The van der Waals surface area contributed by atoms with Gasteiger partial charge in [-0.1, -0.05) is 0 Å². The van der Waals surface area contributed by atoms with E-state index in [2.05, 4.69) is 4.74 Å². The van der Waals surface area contributed by atoms with E-state index in [1.165, 1.54) is 24.1 Å². The second-order valence-electron chi connectivity index (χ2n) is 4.91. The lowest BCUT2D eigenvalue weighted by molar-refractivity contribution is -0.274. The lowest BCUT2D eigenvalue weighted by Gasteiger charge is -2.34. The van der Waals surface area contributed by atoms with Crippen molar-refractivity contribution in [3.05, 3.63) is 29.8 Å². The van der Waals surface area contributed by atoms with Gasteiger partial charge in [0, 0.05) is 12.6 Å². The highest BCUT2D eigenvalue weighted by Crippen LogP contribution is 2.23. The number of likely N-dealkylation sites (N-methyl/N-ethyl adjacent to an activating group) is 1. The summed E-state index contributed by atoms with van der Waals surface area (Å²) in [5, 5.41) is 9.19. The van der Waals surface area contributed by atoms with Gasteiger partial charge in [0.2, 0.25) is 0 Å². The first kappa shape index (κ1) is 16.3. The second-order valence-corrected chi connectivity index (χ2v) is 4.91. The fraction of sp³-hybridized carbons (Fsp3) is 0.462. The van der Waals surface area contributed by atoms with E-state index >= 15 is 0 Å². The molecule has 112 valence electrons. The summed E-state index contributed by atoms with van der Waals surface area (Å²) >= 11 is 0. The molecule has 1 aromatic rings. The van der Waals surface area contributed by atoms with E-state index in [0.29, 0.717) is 0 Å². The zero-order valence-corrected chi connectivity index (χ0v) is 11.4. The monoisotopic (exact) mass is 291 g/mol. The van der Waals surface area contributed by atoms with E-state index in [0.717, 1.165) is 12.1 Å². The summed E-state index contributed by atoms with van der Waals surface area (Å²) in [5.74, 6) is -0.791. The number of aliphatic hydroxyl groups excluding tert-OH is 1.